The van der Waals surface area contributed by atoms with E-state index in [9.17, 15) is 0 Å². The molecule has 1 aliphatic heterocycles. The molecule has 0 radical (unpaired) electrons. The van der Waals surface area contributed by atoms with Gasteiger partial charge in [-0.25, -0.2) is 9.98 Å². The zero-order valence-electron chi connectivity index (χ0n) is 5.41. The molecule has 0 saturated carbocycles. The first-order valence-electron chi connectivity index (χ1n) is 2.81. The molecule has 0 amide bonds. The van der Waals surface area contributed by atoms with E-state index in [2.05, 4.69) is 16.6 Å². The average molecular weight is 133 g/mol. The molecule has 0 unspecified atom stereocenters. The van der Waals surface area contributed by atoms with E-state index in [0.29, 0.717) is 5.84 Å². The number of nitrogens with one attached hydrogen (secondary N) is 1. The molecule has 3 heteroatoms. The maximum Gasteiger partial charge on any atom is 0.160 e. The molecule has 0 aromatic rings. The minimum absolute atomic E-state index is 0.512. The zero-order valence-corrected chi connectivity index (χ0v) is 5.41. The molecule has 50 valence electrons. The van der Waals surface area contributed by atoms with Crippen molar-refractivity contribution in [2.24, 2.45) is 9.98 Å². The molecule has 10 heavy (non-hydrogen) atoms. The van der Waals surface area contributed by atoms with Crippen LogP contribution < -0.4 is 0 Å². The van der Waals surface area contributed by atoms with Gasteiger partial charge in [0.2, 0.25) is 0 Å². The predicted molar refractivity (Wildman–Crippen MR) is 43.0 cm³/mol. The van der Waals surface area contributed by atoms with Crippen LogP contribution in [0.1, 0.15) is 0 Å². The largest absolute Gasteiger partial charge is 0.289 e. The first kappa shape index (κ1) is 6.61. The predicted octanol–water partition coefficient (Wildman–Crippen LogP) is 1.19. The fraction of sp³-hybridized carbons (Fsp3) is 0. The lowest BCUT2D eigenvalue weighted by atomic mass is 10.2. The van der Waals surface area contributed by atoms with Crippen LogP contribution in [0.4, 0.5) is 0 Å². The van der Waals surface area contributed by atoms with Crippen LogP contribution in [0.15, 0.2) is 34.3 Å². The maximum atomic E-state index is 6.68. The minimum Gasteiger partial charge on any atom is -0.289 e. The van der Waals surface area contributed by atoms with Crippen molar-refractivity contribution >= 4 is 18.4 Å². The molecule has 0 aromatic carbocycles. The number of hydrogen-bond donors (Lipinski definition) is 1. The highest BCUT2D eigenvalue weighted by atomic mass is 14.9. The highest BCUT2D eigenvalue weighted by Crippen LogP contribution is 2.01. The molecule has 3 nitrogen and oxygen atoms in total. The Bertz CT molecular complexity index is 246. The van der Waals surface area contributed by atoms with Crippen LogP contribution in [0, 0.1) is 5.41 Å². The number of hydrogen-bond acceptors (Lipinski definition) is 1. The molecule has 1 aliphatic rings. The molecule has 0 saturated heterocycles. The van der Waals surface area contributed by atoms with Gasteiger partial charge in [-0.15, -0.1) is 0 Å². The quantitative estimate of drug-likeness (QED) is 0.412. The summed E-state index contributed by atoms with van der Waals surface area (Å²) in [6.45, 7) is 3.68. The summed E-state index contributed by atoms with van der Waals surface area (Å²) in [7, 11) is 0. The van der Waals surface area contributed by atoms with Gasteiger partial charge in [-0.2, -0.15) is 0 Å². The first-order valence-corrected chi connectivity index (χ1v) is 2.81. The van der Waals surface area contributed by atoms with E-state index in [-0.39, 0.29) is 0 Å². The molecule has 0 fully saturated rings. The number of amidine groups is 1. The number of aliphatic imine (C=N–C) groups is 2. The van der Waals surface area contributed by atoms with Gasteiger partial charge in [0, 0.05) is 11.8 Å². The van der Waals surface area contributed by atoms with E-state index in [4.69, 9.17) is 5.41 Å². The van der Waals surface area contributed by atoms with Crippen LogP contribution in [0.5, 0.6) is 0 Å². The molecule has 0 aliphatic carbocycles. The second-order valence-corrected chi connectivity index (χ2v) is 1.74. The summed E-state index contributed by atoms with van der Waals surface area (Å²) in [5.74, 6) is 0.512. The van der Waals surface area contributed by atoms with Gasteiger partial charge in [-0.05, 0) is 6.08 Å². The number of dihydropyridines is 1. The summed E-state index contributed by atoms with van der Waals surface area (Å²) in [5.41, 5.74) is 0.742. The van der Waals surface area contributed by atoms with Crippen LogP contribution in [-0.2, 0) is 0 Å². The summed E-state index contributed by atoms with van der Waals surface area (Å²) >= 11 is 0. The Morgan fingerprint density at radius 2 is 2.50 bits per heavy atom. The number of allylic oxidation sites excluding steroid dienone is 1. The van der Waals surface area contributed by atoms with Crippen LogP contribution in [0.25, 0.3) is 0 Å². The molecular formula is C7H7N3. The van der Waals surface area contributed by atoms with Crippen molar-refractivity contribution in [3.05, 3.63) is 24.3 Å². The Morgan fingerprint density at radius 1 is 1.70 bits per heavy atom. The van der Waals surface area contributed by atoms with Crippen molar-refractivity contribution in [2.45, 2.75) is 0 Å². The molecule has 1 N–H and O–H groups in total. The standard InChI is InChI=1S/C7H7N3/c1-6-3-2-4-9-7(6)10-5-8/h2-5,8H,1H2. The lowest BCUT2D eigenvalue weighted by Crippen LogP contribution is -2.00. The lowest BCUT2D eigenvalue weighted by Gasteiger charge is -1.99. The zero-order chi connectivity index (χ0) is 7.40. The second kappa shape index (κ2) is 2.87. The lowest BCUT2D eigenvalue weighted by molar-refractivity contribution is 1.48. The highest BCUT2D eigenvalue weighted by Gasteiger charge is 1.99. The van der Waals surface area contributed by atoms with Gasteiger partial charge < -0.3 is 0 Å². The summed E-state index contributed by atoms with van der Waals surface area (Å²) in [5, 5.41) is 6.68. The van der Waals surface area contributed by atoms with Gasteiger partial charge in [0.15, 0.2) is 5.84 Å². The molecule has 0 bridgehead atoms. The van der Waals surface area contributed by atoms with E-state index < -0.39 is 0 Å². The molecule has 1 rings (SSSR count). The Balaban J connectivity index is 2.90. The topological polar surface area (TPSA) is 48.6 Å². The monoisotopic (exact) mass is 133 g/mol. The van der Waals surface area contributed by atoms with Gasteiger partial charge in [0.25, 0.3) is 0 Å². The smallest absolute Gasteiger partial charge is 0.160 e. The van der Waals surface area contributed by atoms with Gasteiger partial charge >= 0.3 is 0 Å². The summed E-state index contributed by atoms with van der Waals surface area (Å²) in [6, 6.07) is 0. The van der Waals surface area contributed by atoms with Crippen molar-refractivity contribution in [1.82, 2.24) is 0 Å². The Labute approximate surface area is 59.0 Å². The summed E-state index contributed by atoms with van der Waals surface area (Å²) in [4.78, 5) is 7.56. The van der Waals surface area contributed by atoms with Gasteiger partial charge in [0.1, 0.15) is 6.34 Å². The fourth-order valence-corrected chi connectivity index (χ4v) is 0.608. The van der Waals surface area contributed by atoms with Crippen molar-refractivity contribution in [3.8, 4) is 0 Å². The molecule has 0 spiro atoms. The van der Waals surface area contributed by atoms with E-state index in [1.54, 1.807) is 18.4 Å². The van der Waals surface area contributed by atoms with Crippen molar-refractivity contribution < 1.29 is 0 Å². The van der Waals surface area contributed by atoms with Gasteiger partial charge in [0.05, 0.1) is 0 Å². The van der Waals surface area contributed by atoms with E-state index in [0.717, 1.165) is 11.9 Å². The highest BCUT2D eigenvalue weighted by molar-refractivity contribution is 6.10. The second-order valence-electron chi connectivity index (χ2n) is 1.74. The first-order chi connectivity index (χ1) is 4.84. The SMILES string of the molecule is C=C1C=CC=NC1=NC=N. The van der Waals surface area contributed by atoms with Crippen LogP contribution >= 0.6 is 0 Å². The minimum atomic E-state index is 0.512. The average Bonchev–Trinajstić information content (AvgIpc) is 1.94. The third kappa shape index (κ3) is 1.25. The molecule has 1 heterocycles. The van der Waals surface area contributed by atoms with E-state index >= 15 is 0 Å². The summed E-state index contributed by atoms with van der Waals surface area (Å²) in [6.07, 6.45) is 6.16. The van der Waals surface area contributed by atoms with Crippen molar-refractivity contribution in [2.75, 3.05) is 0 Å². The number of rotatable bonds is 1. The van der Waals surface area contributed by atoms with E-state index in [1.165, 1.54) is 0 Å². The molecule has 0 atom stereocenters. The molecular weight excluding hydrogens is 126 g/mol. The maximum absolute atomic E-state index is 6.68. The summed E-state index contributed by atoms with van der Waals surface area (Å²) < 4.78 is 0. The van der Waals surface area contributed by atoms with Crippen molar-refractivity contribution in [3.63, 3.8) is 0 Å². The Hall–Kier alpha value is -1.51. The Kier molecular flexibility index (Phi) is 1.89. The van der Waals surface area contributed by atoms with Crippen LogP contribution in [-0.4, -0.2) is 18.4 Å². The van der Waals surface area contributed by atoms with E-state index in [1.807, 2.05) is 0 Å². The fourth-order valence-electron chi connectivity index (χ4n) is 0.608. The van der Waals surface area contributed by atoms with Crippen LogP contribution in [0.2, 0.25) is 0 Å². The Morgan fingerprint density at radius 3 is 3.10 bits per heavy atom. The van der Waals surface area contributed by atoms with Gasteiger partial charge in [-0.1, -0.05) is 12.7 Å². The number of nitrogens with zero attached hydrogens (tertiary/aromatic N) is 2. The van der Waals surface area contributed by atoms with Crippen LogP contribution in [0.3, 0.4) is 0 Å². The third-order valence-corrected chi connectivity index (χ3v) is 1.05. The van der Waals surface area contributed by atoms with Crippen molar-refractivity contribution in [1.29, 1.82) is 5.41 Å². The molecule has 0 aromatic heterocycles. The normalized spacial score (nSPS) is 20.0. The third-order valence-electron chi connectivity index (χ3n) is 1.05. The van der Waals surface area contributed by atoms with Gasteiger partial charge in [-0.3, -0.25) is 5.41 Å².